The number of benzene rings is 1. The van der Waals surface area contributed by atoms with Crippen molar-refractivity contribution in [2.45, 2.75) is 19.3 Å². The molecule has 19 heavy (non-hydrogen) atoms. The molecule has 1 heterocycles. The lowest BCUT2D eigenvalue weighted by Gasteiger charge is -2.17. The molecule has 0 aromatic heterocycles. The number of ether oxygens (including phenoxy) is 2. The molecule has 0 unspecified atom stereocenters. The van der Waals surface area contributed by atoms with Crippen molar-refractivity contribution in [3.05, 3.63) is 29.3 Å². The number of aryl methyl sites for hydroxylation is 1. The Balaban J connectivity index is 2.15. The third kappa shape index (κ3) is 2.99. The molecule has 0 radical (unpaired) electrons. The summed E-state index contributed by atoms with van der Waals surface area (Å²) in [5.74, 6) is -1.38. The van der Waals surface area contributed by atoms with E-state index in [1.54, 1.807) is 18.2 Å². The predicted octanol–water partition coefficient (Wildman–Crippen LogP) is 1.33. The number of methoxy groups -OCH3 is 1. The Bertz CT molecular complexity index is 533. The number of hydrogen-bond donors (Lipinski definition) is 0. The number of esters is 1. The SMILES string of the molecule is COC(=O)CC(=O)C(=O)c1ccc2c(c1)CCCO2. The van der Waals surface area contributed by atoms with Crippen LogP contribution in [-0.4, -0.2) is 31.3 Å². The zero-order valence-corrected chi connectivity index (χ0v) is 10.6. The number of rotatable bonds is 4. The van der Waals surface area contributed by atoms with E-state index in [0.717, 1.165) is 24.2 Å². The van der Waals surface area contributed by atoms with Gasteiger partial charge in [0, 0.05) is 5.56 Å². The van der Waals surface area contributed by atoms with Gasteiger partial charge in [-0.3, -0.25) is 14.4 Å². The van der Waals surface area contributed by atoms with Gasteiger partial charge in [0.25, 0.3) is 0 Å². The maximum atomic E-state index is 11.9. The number of carbonyl (C=O) groups is 3. The average Bonchev–Trinajstić information content (AvgIpc) is 2.45. The van der Waals surface area contributed by atoms with E-state index in [1.165, 1.54) is 7.11 Å². The van der Waals surface area contributed by atoms with Crippen molar-refractivity contribution in [2.75, 3.05) is 13.7 Å². The molecule has 0 spiro atoms. The molecule has 0 saturated heterocycles. The van der Waals surface area contributed by atoms with Crippen molar-refractivity contribution in [2.24, 2.45) is 0 Å². The Labute approximate surface area is 110 Å². The Morgan fingerprint density at radius 3 is 2.84 bits per heavy atom. The molecule has 0 saturated carbocycles. The summed E-state index contributed by atoms with van der Waals surface area (Å²) < 4.78 is 9.80. The van der Waals surface area contributed by atoms with Crippen LogP contribution >= 0.6 is 0 Å². The van der Waals surface area contributed by atoms with E-state index in [1.807, 2.05) is 0 Å². The molecule has 0 N–H and O–H groups in total. The Kier molecular flexibility index (Phi) is 3.94. The minimum atomic E-state index is -0.761. The second-order valence-electron chi connectivity index (χ2n) is 4.28. The third-order valence-electron chi connectivity index (χ3n) is 2.96. The predicted molar refractivity (Wildman–Crippen MR) is 66.2 cm³/mol. The molecule has 5 heteroatoms. The molecule has 0 bridgehead atoms. The third-order valence-corrected chi connectivity index (χ3v) is 2.96. The molecule has 1 aromatic rings. The van der Waals surface area contributed by atoms with Gasteiger partial charge in [-0.05, 0) is 36.6 Å². The van der Waals surface area contributed by atoms with Gasteiger partial charge in [0.15, 0.2) is 0 Å². The maximum Gasteiger partial charge on any atom is 0.313 e. The molecule has 0 aliphatic carbocycles. The molecule has 100 valence electrons. The summed E-state index contributed by atoms with van der Waals surface area (Å²) in [6, 6.07) is 4.89. The van der Waals surface area contributed by atoms with Gasteiger partial charge in [0.05, 0.1) is 13.7 Å². The van der Waals surface area contributed by atoms with Crippen molar-refractivity contribution in [3.8, 4) is 5.75 Å². The van der Waals surface area contributed by atoms with Crippen LogP contribution in [0.5, 0.6) is 5.75 Å². The molecular weight excluding hydrogens is 248 g/mol. The van der Waals surface area contributed by atoms with E-state index in [2.05, 4.69) is 4.74 Å². The summed E-state index contributed by atoms with van der Waals surface area (Å²) >= 11 is 0. The van der Waals surface area contributed by atoms with E-state index in [9.17, 15) is 14.4 Å². The smallest absolute Gasteiger partial charge is 0.313 e. The Hall–Kier alpha value is -2.17. The van der Waals surface area contributed by atoms with Gasteiger partial charge in [-0.25, -0.2) is 0 Å². The molecule has 1 aliphatic rings. The monoisotopic (exact) mass is 262 g/mol. The molecular formula is C14H14O5. The zero-order valence-electron chi connectivity index (χ0n) is 10.6. The van der Waals surface area contributed by atoms with E-state index < -0.39 is 24.0 Å². The lowest BCUT2D eigenvalue weighted by molar-refractivity contribution is -0.142. The summed E-state index contributed by atoms with van der Waals surface area (Å²) in [5, 5.41) is 0. The van der Waals surface area contributed by atoms with E-state index in [0.29, 0.717) is 6.61 Å². The topological polar surface area (TPSA) is 69.7 Å². The van der Waals surface area contributed by atoms with E-state index in [-0.39, 0.29) is 5.56 Å². The first-order valence-corrected chi connectivity index (χ1v) is 6.02. The van der Waals surface area contributed by atoms with Crippen LogP contribution in [0.3, 0.4) is 0 Å². The van der Waals surface area contributed by atoms with Crippen LogP contribution in [-0.2, 0) is 20.7 Å². The van der Waals surface area contributed by atoms with Gasteiger partial charge in [-0.1, -0.05) is 0 Å². The van der Waals surface area contributed by atoms with Crippen LogP contribution in [0.2, 0.25) is 0 Å². The average molecular weight is 262 g/mol. The summed E-state index contributed by atoms with van der Waals surface area (Å²) in [4.78, 5) is 34.5. The van der Waals surface area contributed by atoms with Crippen LogP contribution in [0.15, 0.2) is 18.2 Å². The van der Waals surface area contributed by atoms with Gasteiger partial charge >= 0.3 is 5.97 Å². The van der Waals surface area contributed by atoms with Gasteiger partial charge in [-0.2, -0.15) is 0 Å². The van der Waals surface area contributed by atoms with Crippen LogP contribution in [0.25, 0.3) is 0 Å². The first-order valence-electron chi connectivity index (χ1n) is 6.02. The van der Waals surface area contributed by atoms with Crippen LogP contribution in [0.4, 0.5) is 0 Å². The highest BCUT2D eigenvalue weighted by atomic mass is 16.5. The standard InChI is InChI=1S/C14H14O5/c1-18-13(16)8-11(15)14(17)10-4-5-12-9(7-10)3-2-6-19-12/h4-5,7H,2-3,6,8H2,1H3. The van der Waals surface area contributed by atoms with Crippen molar-refractivity contribution in [1.29, 1.82) is 0 Å². The van der Waals surface area contributed by atoms with E-state index >= 15 is 0 Å². The second kappa shape index (κ2) is 5.65. The van der Waals surface area contributed by atoms with Gasteiger partial charge < -0.3 is 9.47 Å². The van der Waals surface area contributed by atoms with E-state index in [4.69, 9.17) is 4.74 Å². The molecule has 5 nitrogen and oxygen atoms in total. The number of hydrogen-bond acceptors (Lipinski definition) is 5. The lowest BCUT2D eigenvalue weighted by atomic mass is 9.99. The van der Waals surface area contributed by atoms with Gasteiger partial charge in [-0.15, -0.1) is 0 Å². The molecule has 0 fully saturated rings. The minimum absolute atomic E-state index is 0.290. The highest BCUT2D eigenvalue weighted by Crippen LogP contribution is 2.25. The van der Waals surface area contributed by atoms with Crippen molar-refractivity contribution >= 4 is 17.5 Å². The molecule has 1 aromatic carbocycles. The highest BCUT2D eigenvalue weighted by Gasteiger charge is 2.21. The van der Waals surface area contributed by atoms with Crippen molar-refractivity contribution in [1.82, 2.24) is 0 Å². The second-order valence-corrected chi connectivity index (χ2v) is 4.28. The Morgan fingerprint density at radius 2 is 2.11 bits per heavy atom. The van der Waals surface area contributed by atoms with Gasteiger partial charge in [0.1, 0.15) is 12.2 Å². The minimum Gasteiger partial charge on any atom is -0.493 e. The fourth-order valence-corrected chi connectivity index (χ4v) is 1.95. The summed E-state index contributed by atoms with van der Waals surface area (Å²) in [5.41, 5.74) is 1.21. The molecule has 0 atom stereocenters. The quantitative estimate of drug-likeness (QED) is 0.354. The largest absolute Gasteiger partial charge is 0.493 e. The fraction of sp³-hybridized carbons (Fsp3) is 0.357. The number of ketones is 2. The van der Waals surface area contributed by atoms with Gasteiger partial charge in [0.2, 0.25) is 11.6 Å². The highest BCUT2D eigenvalue weighted by molar-refractivity contribution is 6.45. The zero-order chi connectivity index (χ0) is 13.8. The van der Waals surface area contributed by atoms with Crippen molar-refractivity contribution in [3.63, 3.8) is 0 Å². The molecule has 1 aliphatic heterocycles. The van der Waals surface area contributed by atoms with Crippen LogP contribution < -0.4 is 4.74 Å². The molecule has 2 rings (SSSR count). The van der Waals surface area contributed by atoms with Crippen LogP contribution in [0.1, 0.15) is 28.8 Å². The molecule has 0 amide bonds. The normalized spacial score (nSPS) is 13.1. The fourth-order valence-electron chi connectivity index (χ4n) is 1.95. The first kappa shape index (κ1) is 13.3. The first-order chi connectivity index (χ1) is 9.11. The van der Waals surface area contributed by atoms with Crippen LogP contribution in [0, 0.1) is 0 Å². The number of fused-ring (bicyclic) bond motifs is 1. The summed E-state index contributed by atoms with van der Waals surface area (Å²) in [6.07, 6.45) is 1.19. The number of carbonyl (C=O) groups excluding carboxylic acids is 3. The Morgan fingerprint density at radius 1 is 1.32 bits per heavy atom. The maximum absolute atomic E-state index is 11.9. The summed E-state index contributed by atoms with van der Waals surface area (Å²) in [7, 11) is 1.18. The summed E-state index contributed by atoms with van der Waals surface area (Å²) in [6.45, 7) is 0.668. The lowest BCUT2D eigenvalue weighted by Crippen LogP contribution is -2.19. The van der Waals surface area contributed by atoms with Crippen molar-refractivity contribution < 1.29 is 23.9 Å². The number of Topliss-reactive ketones (excluding diaryl/α,β-unsaturated/α-hetero) is 2.